The predicted molar refractivity (Wildman–Crippen MR) is 81.3 cm³/mol. The largest absolute Gasteiger partial charge is 0.480 e. The SMILES string of the molecule is CN1CCN(C)C(CNC(=O)NC(C(=O)O)C(C)(C)C)C1. The Kier molecular flexibility index (Phi) is 5.98. The Labute approximate surface area is 126 Å². The molecule has 0 aromatic carbocycles. The number of hydrogen-bond donors (Lipinski definition) is 3. The Morgan fingerprint density at radius 3 is 2.43 bits per heavy atom. The number of urea groups is 1. The Hall–Kier alpha value is -1.34. The molecule has 1 saturated heterocycles. The maximum Gasteiger partial charge on any atom is 0.326 e. The van der Waals surface area contributed by atoms with Gasteiger partial charge in [-0.15, -0.1) is 0 Å². The standard InChI is InChI=1S/C14H28N4O3/c1-14(2,3)11(12(19)20)16-13(21)15-8-10-9-17(4)6-7-18(10)5/h10-11H,6-9H2,1-5H3,(H,19,20)(H2,15,16,21). The van der Waals surface area contributed by atoms with Gasteiger partial charge in [0.25, 0.3) is 0 Å². The van der Waals surface area contributed by atoms with Gasteiger partial charge in [0.05, 0.1) is 0 Å². The number of nitrogens with one attached hydrogen (secondary N) is 2. The first-order chi connectivity index (χ1) is 9.61. The smallest absolute Gasteiger partial charge is 0.326 e. The van der Waals surface area contributed by atoms with Gasteiger partial charge in [0.1, 0.15) is 6.04 Å². The first kappa shape index (κ1) is 17.7. The highest BCUT2D eigenvalue weighted by atomic mass is 16.4. The zero-order valence-corrected chi connectivity index (χ0v) is 13.6. The van der Waals surface area contributed by atoms with Gasteiger partial charge in [0.2, 0.25) is 0 Å². The number of carboxylic acid groups (broad SMARTS) is 1. The normalized spacial score (nSPS) is 22.6. The second-order valence-corrected chi connectivity index (χ2v) is 6.89. The third-order valence-corrected chi connectivity index (χ3v) is 3.87. The molecule has 122 valence electrons. The lowest BCUT2D eigenvalue weighted by atomic mass is 9.87. The summed E-state index contributed by atoms with van der Waals surface area (Å²) in [7, 11) is 4.09. The number of hydrogen-bond acceptors (Lipinski definition) is 4. The fourth-order valence-electron chi connectivity index (χ4n) is 2.36. The van der Waals surface area contributed by atoms with Crippen molar-refractivity contribution in [3.8, 4) is 0 Å². The molecule has 1 aliphatic rings. The molecule has 1 heterocycles. The van der Waals surface area contributed by atoms with Gasteiger partial charge in [-0.05, 0) is 19.5 Å². The molecule has 0 aromatic rings. The third kappa shape index (κ3) is 5.51. The molecule has 1 aliphatic heterocycles. The Morgan fingerprint density at radius 2 is 1.90 bits per heavy atom. The number of rotatable bonds is 4. The van der Waals surface area contributed by atoms with Crippen molar-refractivity contribution in [2.75, 3.05) is 40.3 Å². The van der Waals surface area contributed by atoms with Crippen LogP contribution in [-0.4, -0.2) is 79.3 Å². The van der Waals surface area contributed by atoms with Crippen molar-refractivity contribution in [2.45, 2.75) is 32.9 Å². The predicted octanol–water partition coefficient (Wildman–Crippen LogP) is 0.0307. The van der Waals surface area contributed by atoms with Crippen LogP contribution in [0, 0.1) is 5.41 Å². The molecular weight excluding hydrogens is 272 g/mol. The van der Waals surface area contributed by atoms with Gasteiger partial charge in [0.15, 0.2) is 0 Å². The first-order valence-corrected chi connectivity index (χ1v) is 7.27. The molecule has 3 N–H and O–H groups in total. The maximum atomic E-state index is 11.9. The summed E-state index contributed by atoms with van der Waals surface area (Å²) in [5.74, 6) is -1.02. The van der Waals surface area contributed by atoms with E-state index in [1.165, 1.54) is 0 Å². The lowest BCUT2D eigenvalue weighted by Crippen LogP contribution is -2.57. The van der Waals surface area contributed by atoms with Gasteiger partial charge in [-0.3, -0.25) is 4.90 Å². The Balaban J connectivity index is 2.48. The molecule has 7 heteroatoms. The number of nitrogens with zero attached hydrogens (tertiary/aromatic N) is 2. The van der Waals surface area contributed by atoms with Crippen LogP contribution in [0.15, 0.2) is 0 Å². The minimum absolute atomic E-state index is 0.243. The molecule has 0 bridgehead atoms. The molecule has 2 amide bonds. The van der Waals surface area contributed by atoms with Crippen LogP contribution in [0.4, 0.5) is 4.79 Å². The van der Waals surface area contributed by atoms with E-state index >= 15 is 0 Å². The molecule has 2 atom stereocenters. The molecule has 21 heavy (non-hydrogen) atoms. The average molecular weight is 300 g/mol. The molecule has 0 radical (unpaired) electrons. The number of carboxylic acids is 1. The summed E-state index contributed by atoms with van der Waals surface area (Å²) < 4.78 is 0. The highest BCUT2D eigenvalue weighted by molar-refractivity contribution is 5.83. The zero-order chi connectivity index (χ0) is 16.2. The van der Waals surface area contributed by atoms with Gasteiger partial charge < -0.3 is 20.6 Å². The minimum atomic E-state index is -1.02. The lowest BCUT2D eigenvalue weighted by Gasteiger charge is -2.37. The summed E-state index contributed by atoms with van der Waals surface area (Å²) in [5, 5.41) is 14.5. The van der Waals surface area contributed by atoms with E-state index in [1.807, 2.05) is 7.05 Å². The molecule has 2 unspecified atom stereocenters. The van der Waals surface area contributed by atoms with Crippen LogP contribution in [0.5, 0.6) is 0 Å². The molecule has 1 fully saturated rings. The van der Waals surface area contributed by atoms with Crippen LogP contribution in [0.1, 0.15) is 20.8 Å². The van der Waals surface area contributed by atoms with E-state index in [9.17, 15) is 14.7 Å². The second-order valence-electron chi connectivity index (χ2n) is 6.89. The van der Waals surface area contributed by atoms with Crippen LogP contribution >= 0.6 is 0 Å². The summed E-state index contributed by atoms with van der Waals surface area (Å²) in [6.45, 7) is 8.73. The fourth-order valence-corrected chi connectivity index (χ4v) is 2.36. The minimum Gasteiger partial charge on any atom is -0.480 e. The average Bonchev–Trinajstić information content (AvgIpc) is 2.35. The van der Waals surface area contributed by atoms with Crippen molar-refractivity contribution in [3.05, 3.63) is 0 Å². The van der Waals surface area contributed by atoms with E-state index in [0.717, 1.165) is 19.6 Å². The number of likely N-dealkylation sites (N-methyl/N-ethyl adjacent to an activating group) is 2. The van der Waals surface area contributed by atoms with Crippen LogP contribution in [0.2, 0.25) is 0 Å². The van der Waals surface area contributed by atoms with Crippen molar-refractivity contribution in [2.24, 2.45) is 5.41 Å². The van der Waals surface area contributed by atoms with E-state index in [-0.39, 0.29) is 6.04 Å². The summed E-state index contributed by atoms with van der Waals surface area (Å²) in [6, 6.07) is -1.10. The highest BCUT2D eigenvalue weighted by Crippen LogP contribution is 2.19. The van der Waals surface area contributed by atoms with Gasteiger partial charge in [0, 0.05) is 32.2 Å². The molecule has 1 rings (SSSR count). The van der Waals surface area contributed by atoms with E-state index in [1.54, 1.807) is 20.8 Å². The number of aliphatic carboxylic acids is 1. The molecule has 0 saturated carbocycles. The number of amides is 2. The van der Waals surface area contributed by atoms with Crippen LogP contribution in [0.3, 0.4) is 0 Å². The second kappa shape index (κ2) is 7.09. The van der Waals surface area contributed by atoms with Gasteiger partial charge in [-0.1, -0.05) is 20.8 Å². The topological polar surface area (TPSA) is 84.9 Å². The number of piperazine rings is 1. The van der Waals surface area contributed by atoms with E-state index < -0.39 is 23.5 Å². The van der Waals surface area contributed by atoms with E-state index in [4.69, 9.17) is 0 Å². The molecule has 7 nitrogen and oxygen atoms in total. The zero-order valence-electron chi connectivity index (χ0n) is 13.6. The highest BCUT2D eigenvalue weighted by Gasteiger charge is 2.32. The summed E-state index contributed by atoms with van der Waals surface area (Å²) in [5.41, 5.74) is -0.537. The Morgan fingerprint density at radius 1 is 1.29 bits per heavy atom. The van der Waals surface area contributed by atoms with Crippen molar-refractivity contribution >= 4 is 12.0 Å². The molecule has 0 aromatic heterocycles. The van der Waals surface area contributed by atoms with Crippen molar-refractivity contribution in [3.63, 3.8) is 0 Å². The fraction of sp³-hybridized carbons (Fsp3) is 0.857. The van der Waals surface area contributed by atoms with Gasteiger partial charge in [-0.2, -0.15) is 0 Å². The van der Waals surface area contributed by atoms with Crippen molar-refractivity contribution in [1.82, 2.24) is 20.4 Å². The van der Waals surface area contributed by atoms with Gasteiger partial charge >= 0.3 is 12.0 Å². The van der Waals surface area contributed by atoms with Crippen LogP contribution in [-0.2, 0) is 4.79 Å². The lowest BCUT2D eigenvalue weighted by molar-refractivity contribution is -0.141. The monoisotopic (exact) mass is 300 g/mol. The van der Waals surface area contributed by atoms with E-state index in [0.29, 0.717) is 6.54 Å². The molecule has 0 aliphatic carbocycles. The van der Waals surface area contributed by atoms with E-state index in [2.05, 4.69) is 27.5 Å². The third-order valence-electron chi connectivity index (χ3n) is 3.87. The van der Waals surface area contributed by atoms with Crippen LogP contribution < -0.4 is 10.6 Å². The first-order valence-electron chi connectivity index (χ1n) is 7.27. The number of carbonyl (C=O) groups excluding carboxylic acids is 1. The van der Waals surface area contributed by atoms with Gasteiger partial charge in [-0.25, -0.2) is 9.59 Å². The Bertz CT molecular complexity index is 381. The maximum absolute atomic E-state index is 11.9. The van der Waals surface area contributed by atoms with Crippen molar-refractivity contribution in [1.29, 1.82) is 0 Å². The summed E-state index contributed by atoms with van der Waals surface area (Å²) in [6.07, 6.45) is 0. The molecule has 0 spiro atoms. The molecular formula is C14H28N4O3. The summed E-state index contributed by atoms with van der Waals surface area (Å²) >= 11 is 0. The van der Waals surface area contributed by atoms with Crippen molar-refractivity contribution < 1.29 is 14.7 Å². The quantitative estimate of drug-likeness (QED) is 0.682. The number of carbonyl (C=O) groups is 2. The summed E-state index contributed by atoms with van der Waals surface area (Å²) in [4.78, 5) is 27.6. The van der Waals surface area contributed by atoms with Crippen LogP contribution in [0.25, 0.3) is 0 Å².